The predicted octanol–water partition coefficient (Wildman–Crippen LogP) is 6.01. The Hall–Kier alpha value is -3.35. The smallest absolute Gasteiger partial charge is 0.243 e. The summed E-state index contributed by atoms with van der Waals surface area (Å²) in [6.45, 7) is 3.50. The summed E-state index contributed by atoms with van der Waals surface area (Å²) in [6.07, 6.45) is 1.67. The number of benzene rings is 3. The Morgan fingerprint density at radius 1 is 0.848 bits per heavy atom. The maximum atomic E-state index is 13.5. The van der Waals surface area contributed by atoms with Crippen LogP contribution in [0.25, 0.3) is 10.6 Å². The average Bonchev–Trinajstić information content (AvgIpc) is 3.32. The summed E-state index contributed by atoms with van der Waals surface area (Å²) >= 11 is 1.40. The minimum Gasteiger partial charge on any atom is -0.299 e. The number of rotatable bonds is 10. The lowest BCUT2D eigenvalue weighted by atomic mass is 10.1. The molecule has 0 spiro atoms. The second-order valence-corrected chi connectivity index (χ2v) is 8.93. The fraction of sp³-hybridized carbons (Fsp3) is 0.222. The van der Waals surface area contributed by atoms with E-state index < -0.39 is 0 Å². The molecule has 6 heteroatoms. The van der Waals surface area contributed by atoms with Crippen LogP contribution in [0.15, 0.2) is 91.0 Å². The van der Waals surface area contributed by atoms with Crippen LogP contribution in [0.5, 0.6) is 0 Å². The molecule has 0 fully saturated rings. The third-order valence-electron chi connectivity index (χ3n) is 5.44. The van der Waals surface area contributed by atoms with Crippen LogP contribution in [0.2, 0.25) is 0 Å². The van der Waals surface area contributed by atoms with Crippen LogP contribution in [0.3, 0.4) is 0 Å². The van der Waals surface area contributed by atoms with Crippen LogP contribution in [-0.2, 0) is 17.9 Å². The van der Waals surface area contributed by atoms with E-state index in [0.717, 1.165) is 23.4 Å². The van der Waals surface area contributed by atoms with Crippen molar-refractivity contribution in [2.45, 2.75) is 38.9 Å². The van der Waals surface area contributed by atoms with E-state index in [1.807, 2.05) is 66.7 Å². The number of aromatic nitrogens is 2. The first kappa shape index (κ1) is 22.8. The summed E-state index contributed by atoms with van der Waals surface area (Å²) in [5.74, 6) is -0.0422. The Morgan fingerprint density at radius 3 is 1.94 bits per heavy atom. The topological polar surface area (TPSA) is 58.1 Å². The van der Waals surface area contributed by atoms with Gasteiger partial charge in [0.05, 0.1) is 6.04 Å². The molecule has 1 atom stereocenters. The van der Waals surface area contributed by atoms with E-state index in [4.69, 9.17) is 0 Å². The van der Waals surface area contributed by atoms with Crippen molar-refractivity contribution in [1.82, 2.24) is 15.1 Å². The highest BCUT2D eigenvalue weighted by Gasteiger charge is 2.26. The quantitative estimate of drug-likeness (QED) is 0.317. The van der Waals surface area contributed by atoms with E-state index in [1.54, 1.807) is 0 Å². The van der Waals surface area contributed by atoms with Gasteiger partial charge in [-0.1, -0.05) is 116 Å². The van der Waals surface area contributed by atoms with Crippen LogP contribution in [0.1, 0.15) is 30.9 Å². The van der Waals surface area contributed by atoms with Gasteiger partial charge >= 0.3 is 0 Å². The molecule has 3 aromatic carbocycles. The molecule has 0 saturated heterocycles. The van der Waals surface area contributed by atoms with Gasteiger partial charge in [-0.25, -0.2) is 0 Å². The molecule has 0 aliphatic rings. The predicted molar refractivity (Wildman–Crippen MR) is 135 cm³/mol. The van der Waals surface area contributed by atoms with Gasteiger partial charge in [0.1, 0.15) is 5.01 Å². The molecule has 33 heavy (non-hydrogen) atoms. The Kier molecular flexibility index (Phi) is 7.95. The Labute approximate surface area is 199 Å². The highest BCUT2D eigenvalue weighted by atomic mass is 32.1. The van der Waals surface area contributed by atoms with Crippen molar-refractivity contribution in [1.29, 1.82) is 0 Å². The molecule has 0 saturated carbocycles. The molecule has 0 bridgehead atoms. The maximum Gasteiger partial charge on any atom is 0.243 e. The molecule has 0 radical (unpaired) electrons. The Bertz CT molecular complexity index is 1090. The lowest BCUT2D eigenvalue weighted by Crippen LogP contribution is -2.43. The summed E-state index contributed by atoms with van der Waals surface area (Å²) in [5, 5.41) is 12.8. The van der Waals surface area contributed by atoms with Gasteiger partial charge in [0.2, 0.25) is 11.0 Å². The van der Waals surface area contributed by atoms with Crippen molar-refractivity contribution in [3.8, 4) is 10.6 Å². The first-order chi connectivity index (χ1) is 16.2. The van der Waals surface area contributed by atoms with Gasteiger partial charge in [-0.15, -0.1) is 10.2 Å². The minimum absolute atomic E-state index is 0.0422. The molecule has 1 unspecified atom stereocenters. The summed E-state index contributed by atoms with van der Waals surface area (Å²) in [4.78, 5) is 15.7. The molecule has 1 aromatic heterocycles. The van der Waals surface area contributed by atoms with E-state index in [9.17, 15) is 4.79 Å². The lowest BCUT2D eigenvalue weighted by Gasteiger charge is -2.30. The number of amides is 1. The molecular weight excluding hydrogens is 428 g/mol. The molecule has 4 aromatic rings. The van der Waals surface area contributed by atoms with Gasteiger partial charge in [0.25, 0.3) is 0 Å². The van der Waals surface area contributed by atoms with E-state index >= 15 is 0 Å². The van der Waals surface area contributed by atoms with Crippen LogP contribution < -0.4 is 5.32 Å². The fourth-order valence-corrected chi connectivity index (χ4v) is 4.58. The number of hydrogen-bond donors (Lipinski definition) is 1. The zero-order chi connectivity index (χ0) is 22.9. The third kappa shape index (κ3) is 6.34. The van der Waals surface area contributed by atoms with Crippen LogP contribution in [-0.4, -0.2) is 27.0 Å². The van der Waals surface area contributed by atoms with Crippen molar-refractivity contribution in [2.24, 2.45) is 0 Å². The van der Waals surface area contributed by atoms with Crippen molar-refractivity contribution in [2.75, 3.05) is 5.32 Å². The van der Waals surface area contributed by atoms with E-state index in [-0.39, 0.29) is 11.9 Å². The first-order valence-electron chi connectivity index (χ1n) is 11.2. The Balaban J connectivity index is 1.54. The van der Waals surface area contributed by atoms with Crippen molar-refractivity contribution in [3.63, 3.8) is 0 Å². The summed E-state index contributed by atoms with van der Waals surface area (Å²) in [6, 6.07) is 30.2. The monoisotopic (exact) mass is 456 g/mol. The van der Waals surface area contributed by atoms with E-state index in [1.165, 1.54) is 22.5 Å². The molecule has 1 heterocycles. The molecular formula is C27H28N4OS. The van der Waals surface area contributed by atoms with E-state index in [2.05, 4.69) is 51.6 Å². The van der Waals surface area contributed by atoms with Crippen molar-refractivity contribution < 1.29 is 4.79 Å². The van der Waals surface area contributed by atoms with Gasteiger partial charge in [-0.2, -0.15) is 0 Å². The molecule has 0 aliphatic heterocycles. The number of nitrogens with one attached hydrogen (secondary N) is 1. The normalized spacial score (nSPS) is 11.9. The molecule has 4 rings (SSSR count). The van der Waals surface area contributed by atoms with Crippen molar-refractivity contribution in [3.05, 3.63) is 102 Å². The molecule has 0 aliphatic carbocycles. The number of nitrogens with zero attached hydrogens (tertiary/aromatic N) is 3. The zero-order valence-corrected chi connectivity index (χ0v) is 19.5. The molecule has 1 amide bonds. The zero-order valence-electron chi connectivity index (χ0n) is 18.7. The van der Waals surface area contributed by atoms with Crippen LogP contribution in [0, 0.1) is 0 Å². The largest absolute Gasteiger partial charge is 0.299 e. The molecule has 1 N–H and O–H groups in total. The highest BCUT2D eigenvalue weighted by molar-refractivity contribution is 7.18. The Morgan fingerprint density at radius 2 is 1.39 bits per heavy atom. The van der Waals surface area contributed by atoms with Crippen molar-refractivity contribution >= 4 is 22.4 Å². The number of carbonyl (C=O) groups excluding carboxylic acids is 1. The van der Waals surface area contributed by atoms with Gasteiger partial charge in [-0.3, -0.25) is 15.0 Å². The highest BCUT2D eigenvalue weighted by Crippen LogP contribution is 2.27. The second-order valence-electron chi connectivity index (χ2n) is 7.95. The van der Waals surface area contributed by atoms with Crippen LogP contribution >= 0.6 is 11.3 Å². The van der Waals surface area contributed by atoms with Gasteiger partial charge in [0.15, 0.2) is 0 Å². The SMILES string of the molecule is CCCC(C(=O)Nc1nnc(-c2ccccc2)s1)N(Cc1ccccc1)Cc1ccccc1. The number of carbonyl (C=O) groups is 1. The standard InChI is InChI=1S/C27H28N4OS/c1-2-12-24(25(32)28-27-30-29-26(33-27)23-17-10-5-11-18-23)31(19-21-13-6-3-7-14-21)20-22-15-8-4-9-16-22/h3-11,13-18,24H,2,12,19-20H2,1H3,(H,28,30,32). The molecule has 5 nitrogen and oxygen atoms in total. The summed E-state index contributed by atoms with van der Waals surface area (Å²) in [7, 11) is 0. The van der Waals surface area contributed by atoms with Crippen LogP contribution in [0.4, 0.5) is 5.13 Å². The number of anilines is 1. The first-order valence-corrected chi connectivity index (χ1v) is 12.1. The van der Waals surface area contributed by atoms with Gasteiger partial charge < -0.3 is 0 Å². The fourth-order valence-electron chi connectivity index (χ4n) is 3.82. The second kappa shape index (κ2) is 11.5. The molecule has 168 valence electrons. The summed E-state index contributed by atoms with van der Waals surface area (Å²) < 4.78 is 0. The van der Waals surface area contributed by atoms with Gasteiger partial charge in [-0.05, 0) is 17.5 Å². The third-order valence-corrected chi connectivity index (χ3v) is 6.33. The average molecular weight is 457 g/mol. The minimum atomic E-state index is -0.278. The lowest BCUT2D eigenvalue weighted by molar-refractivity contribution is -0.122. The number of hydrogen-bond acceptors (Lipinski definition) is 5. The maximum absolute atomic E-state index is 13.5. The van der Waals surface area contributed by atoms with E-state index in [0.29, 0.717) is 18.2 Å². The van der Waals surface area contributed by atoms with Gasteiger partial charge in [0, 0.05) is 18.7 Å². The summed E-state index contributed by atoms with van der Waals surface area (Å²) in [5.41, 5.74) is 3.37.